The summed E-state index contributed by atoms with van der Waals surface area (Å²) in [4.78, 5) is 11.2. The molecule has 156 valence electrons. The Labute approximate surface area is 165 Å². The van der Waals surface area contributed by atoms with E-state index in [1.807, 2.05) is 6.92 Å². The lowest BCUT2D eigenvalue weighted by Gasteiger charge is -2.44. The number of hydrogen-bond acceptors (Lipinski definition) is 3. The third kappa shape index (κ3) is 8.36. The fourth-order valence-electron chi connectivity index (χ4n) is 3.26. The van der Waals surface area contributed by atoms with Crippen LogP contribution in [0.4, 0.5) is 0 Å². The molecule has 0 N–H and O–H groups in total. The van der Waals surface area contributed by atoms with Gasteiger partial charge in [-0.3, -0.25) is 0 Å². The second kappa shape index (κ2) is 9.99. The monoisotopic (exact) mass is 402 g/mol. The molecule has 0 radical (unpaired) electrons. The van der Waals surface area contributed by atoms with E-state index in [1.54, 1.807) is 0 Å². The SMILES string of the molecule is CC[C@H](O[Si](C)(C)C(C)(C)C)[C@@H](C)[C@@H](O[Si](C)(C)C)[C@H](C)CC(C)C=O. The van der Waals surface area contributed by atoms with Crippen LogP contribution in [0.3, 0.4) is 0 Å². The lowest BCUT2D eigenvalue weighted by molar-refractivity contribution is -0.111. The Morgan fingerprint density at radius 2 is 1.46 bits per heavy atom. The molecule has 0 aromatic heterocycles. The molecule has 0 saturated heterocycles. The van der Waals surface area contributed by atoms with E-state index in [2.05, 4.69) is 74.3 Å². The predicted octanol–water partition coefficient (Wildman–Crippen LogP) is 6.50. The molecule has 3 nitrogen and oxygen atoms in total. The van der Waals surface area contributed by atoms with Crippen molar-refractivity contribution < 1.29 is 13.6 Å². The largest absolute Gasteiger partial charge is 0.414 e. The quantitative estimate of drug-likeness (QED) is 0.292. The van der Waals surface area contributed by atoms with Crippen LogP contribution in [-0.2, 0) is 13.6 Å². The van der Waals surface area contributed by atoms with Crippen LogP contribution in [0.25, 0.3) is 0 Å². The molecule has 0 aliphatic rings. The van der Waals surface area contributed by atoms with Gasteiger partial charge in [0.25, 0.3) is 0 Å². The van der Waals surface area contributed by atoms with Gasteiger partial charge in [-0.15, -0.1) is 0 Å². The van der Waals surface area contributed by atoms with Gasteiger partial charge in [-0.1, -0.05) is 48.5 Å². The first-order valence-electron chi connectivity index (χ1n) is 10.4. The van der Waals surface area contributed by atoms with Crippen LogP contribution in [0, 0.1) is 17.8 Å². The molecule has 1 unspecified atom stereocenters. The average molecular weight is 403 g/mol. The minimum Gasteiger partial charge on any atom is -0.414 e. The zero-order chi connectivity index (χ0) is 20.9. The Kier molecular flexibility index (Phi) is 10.00. The number of carbonyl (C=O) groups excluding carboxylic acids is 1. The van der Waals surface area contributed by atoms with Gasteiger partial charge in [0.05, 0.1) is 6.10 Å². The van der Waals surface area contributed by atoms with Gasteiger partial charge in [0.15, 0.2) is 16.6 Å². The van der Waals surface area contributed by atoms with Gasteiger partial charge in [-0.25, -0.2) is 0 Å². The summed E-state index contributed by atoms with van der Waals surface area (Å²) in [6.07, 6.45) is 3.27. The maximum Gasteiger partial charge on any atom is 0.192 e. The minimum absolute atomic E-state index is 0.0753. The maximum atomic E-state index is 11.2. The van der Waals surface area contributed by atoms with Crippen molar-refractivity contribution in [2.45, 2.75) is 111 Å². The van der Waals surface area contributed by atoms with E-state index in [-0.39, 0.29) is 23.2 Å². The molecule has 0 aromatic rings. The standard InChI is InChI=1S/C21H46O3Si2/c1-13-19(23-26(11,12)21(5,6)7)18(4)20(24-25(8,9)10)17(3)14-16(2)15-22/h15-20H,13-14H2,1-12H3/t16?,17-,18-,19+,20+/m1/s1. The van der Waals surface area contributed by atoms with Crippen molar-refractivity contribution in [2.24, 2.45) is 17.8 Å². The Balaban J connectivity index is 5.51. The highest BCUT2D eigenvalue weighted by Gasteiger charge is 2.42. The Hall–Kier alpha value is 0.0238. The highest BCUT2D eigenvalue weighted by atomic mass is 28.4. The first kappa shape index (κ1) is 26.0. The van der Waals surface area contributed by atoms with Crippen LogP contribution in [-0.4, -0.2) is 35.1 Å². The fourth-order valence-corrected chi connectivity index (χ4v) is 6.01. The molecule has 0 bridgehead atoms. The van der Waals surface area contributed by atoms with E-state index < -0.39 is 16.6 Å². The van der Waals surface area contributed by atoms with Gasteiger partial charge in [0.2, 0.25) is 0 Å². The first-order valence-corrected chi connectivity index (χ1v) is 16.7. The summed E-state index contributed by atoms with van der Waals surface area (Å²) in [5, 5.41) is 0.201. The van der Waals surface area contributed by atoms with Crippen LogP contribution < -0.4 is 0 Å². The Morgan fingerprint density at radius 3 is 1.81 bits per heavy atom. The van der Waals surface area contributed by atoms with Gasteiger partial charge in [0, 0.05) is 17.9 Å². The molecule has 0 aliphatic heterocycles. The lowest BCUT2D eigenvalue weighted by atomic mass is 9.84. The maximum absolute atomic E-state index is 11.2. The summed E-state index contributed by atoms with van der Waals surface area (Å²) in [5.74, 6) is 0.731. The molecule has 0 spiro atoms. The zero-order valence-electron chi connectivity index (χ0n) is 19.6. The average Bonchev–Trinajstić information content (AvgIpc) is 2.47. The topological polar surface area (TPSA) is 35.5 Å². The van der Waals surface area contributed by atoms with Crippen LogP contribution in [0.1, 0.15) is 61.3 Å². The summed E-state index contributed by atoms with van der Waals surface area (Å²) in [5.41, 5.74) is 0. The van der Waals surface area contributed by atoms with Crippen molar-refractivity contribution >= 4 is 22.9 Å². The molecule has 0 heterocycles. The molecule has 0 aromatic carbocycles. The second-order valence-corrected chi connectivity index (χ2v) is 19.9. The van der Waals surface area contributed by atoms with Crippen molar-refractivity contribution in [1.29, 1.82) is 0 Å². The van der Waals surface area contributed by atoms with Crippen LogP contribution in [0.2, 0.25) is 37.8 Å². The molecule has 0 aliphatic carbocycles. The Morgan fingerprint density at radius 1 is 0.962 bits per heavy atom. The molecule has 0 fully saturated rings. The van der Waals surface area contributed by atoms with Crippen LogP contribution in [0.5, 0.6) is 0 Å². The van der Waals surface area contributed by atoms with Gasteiger partial charge < -0.3 is 13.6 Å². The van der Waals surface area contributed by atoms with Crippen molar-refractivity contribution in [3.05, 3.63) is 0 Å². The second-order valence-electron chi connectivity index (χ2n) is 10.7. The zero-order valence-corrected chi connectivity index (χ0v) is 21.6. The number of carbonyl (C=O) groups is 1. The number of hydrogen-bond donors (Lipinski definition) is 0. The van der Waals surface area contributed by atoms with E-state index in [1.165, 1.54) is 0 Å². The van der Waals surface area contributed by atoms with Gasteiger partial charge >= 0.3 is 0 Å². The van der Waals surface area contributed by atoms with E-state index in [9.17, 15) is 4.79 Å². The fraction of sp³-hybridized carbons (Fsp3) is 0.952. The van der Waals surface area contributed by atoms with Gasteiger partial charge in [0.1, 0.15) is 6.29 Å². The lowest BCUT2D eigenvalue weighted by Crippen LogP contribution is -2.49. The van der Waals surface area contributed by atoms with Crippen molar-refractivity contribution in [2.75, 3.05) is 0 Å². The van der Waals surface area contributed by atoms with E-state index in [4.69, 9.17) is 8.85 Å². The number of rotatable bonds is 11. The summed E-state index contributed by atoms with van der Waals surface area (Å²) in [7, 11) is -3.52. The van der Waals surface area contributed by atoms with E-state index >= 15 is 0 Å². The highest BCUT2D eigenvalue weighted by Crippen LogP contribution is 2.40. The van der Waals surface area contributed by atoms with Gasteiger partial charge in [-0.2, -0.15) is 0 Å². The first-order chi connectivity index (χ1) is 11.6. The summed E-state index contributed by atoms with van der Waals surface area (Å²) in [6, 6.07) is 0. The van der Waals surface area contributed by atoms with E-state index in [0.717, 1.165) is 19.1 Å². The third-order valence-corrected chi connectivity index (χ3v) is 11.3. The molecule has 5 heteroatoms. The van der Waals surface area contributed by atoms with Crippen LogP contribution >= 0.6 is 0 Å². The normalized spacial score (nSPS) is 19.5. The highest BCUT2D eigenvalue weighted by molar-refractivity contribution is 6.74. The smallest absolute Gasteiger partial charge is 0.192 e. The molecule has 0 amide bonds. The molecular weight excluding hydrogens is 356 g/mol. The predicted molar refractivity (Wildman–Crippen MR) is 119 cm³/mol. The van der Waals surface area contributed by atoms with Gasteiger partial charge in [-0.05, 0) is 56.5 Å². The Bertz CT molecular complexity index is 424. The molecule has 0 saturated carbocycles. The van der Waals surface area contributed by atoms with E-state index in [0.29, 0.717) is 11.8 Å². The summed E-state index contributed by atoms with van der Waals surface area (Å²) >= 11 is 0. The minimum atomic E-state index is -1.83. The summed E-state index contributed by atoms with van der Waals surface area (Å²) < 4.78 is 13.4. The summed E-state index contributed by atoms with van der Waals surface area (Å²) in [6.45, 7) is 27.0. The van der Waals surface area contributed by atoms with Crippen molar-refractivity contribution in [3.8, 4) is 0 Å². The van der Waals surface area contributed by atoms with Crippen LogP contribution in [0.15, 0.2) is 0 Å². The number of aldehydes is 1. The molecule has 26 heavy (non-hydrogen) atoms. The molecule has 5 atom stereocenters. The third-order valence-electron chi connectivity index (χ3n) is 5.79. The van der Waals surface area contributed by atoms with Crippen molar-refractivity contribution in [1.82, 2.24) is 0 Å². The molecular formula is C21H46O3Si2. The van der Waals surface area contributed by atoms with Crippen molar-refractivity contribution in [3.63, 3.8) is 0 Å². The molecule has 0 rings (SSSR count).